The van der Waals surface area contributed by atoms with Gasteiger partial charge in [0.25, 0.3) is 0 Å². The summed E-state index contributed by atoms with van der Waals surface area (Å²) in [5, 5.41) is 25.6. The number of aromatic hydroxyl groups is 1. The number of hydrogen-bond donors (Lipinski definition) is 3. The molecule has 7 heteroatoms. The number of benzene rings is 2. The van der Waals surface area contributed by atoms with E-state index in [1.165, 1.54) is 0 Å². The molecule has 2 aromatic carbocycles. The first kappa shape index (κ1) is 16.3. The maximum Gasteiger partial charge on any atom is 0.157 e. The molecule has 0 atom stereocenters. The molecule has 0 amide bonds. The Balaban J connectivity index is 1.61. The van der Waals surface area contributed by atoms with Gasteiger partial charge in [0.15, 0.2) is 5.65 Å². The number of aryl methyl sites for hydroxylation is 1. The summed E-state index contributed by atoms with van der Waals surface area (Å²) in [4.78, 5) is 8.87. The Hall–Kier alpha value is -3.87. The molecular formula is C21H17N5O2. The van der Waals surface area contributed by atoms with Gasteiger partial charge in [-0.25, -0.2) is 4.98 Å². The highest BCUT2D eigenvalue weighted by Gasteiger charge is 2.20. The zero-order valence-electron chi connectivity index (χ0n) is 14.9. The Morgan fingerprint density at radius 1 is 1.07 bits per heavy atom. The fourth-order valence-electron chi connectivity index (χ4n) is 3.63. The van der Waals surface area contributed by atoms with Gasteiger partial charge in [0.2, 0.25) is 0 Å². The topological polar surface area (TPSA) is 95.0 Å². The van der Waals surface area contributed by atoms with Crippen LogP contribution in [0.2, 0.25) is 0 Å². The smallest absolute Gasteiger partial charge is 0.157 e. The van der Waals surface area contributed by atoms with E-state index in [-0.39, 0.29) is 5.75 Å². The van der Waals surface area contributed by atoms with Crippen LogP contribution in [0.3, 0.4) is 0 Å². The van der Waals surface area contributed by atoms with Crippen molar-refractivity contribution in [3.8, 4) is 17.0 Å². The van der Waals surface area contributed by atoms with E-state index in [4.69, 9.17) is 10.2 Å². The number of rotatable bonds is 3. The zero-order chi connectivity index (χ0) is 19.1. The molecule has 0 saturated carbocycles. The number of nitrogens with one attached hydrogen (secondary N) is 1. The Labute approximate surface area is 160 Å². The lowest BCUT2D eigenvalue weighted by atomic mass is 10.1. The average Bonchev–Trinajstić information content (AvgIpc) is 3.30. The normalized spacial score (nSPS) is 14.5. The summed E-state index contributed by atoms with van der Waals surface area (Å²) in [5.41, 5.74) is 6.19. The van der Waals surface area contributed by atoms with Crippen molar-refractivity contribution in [3.63, 3.8) is 0 Å². The molecule has 3 N–H and O–H groups in total. The van der Waals surface area contributed by atoms with Crippen LogP contribution in [-0.4, -0.2) is 30.4 Å². The van der Waals surface area contributed by atoms with Gasteiger partial charge in [-0.3, -0.25) is 9.38 Å². The molecule has 4 aromatic rings. The van der Waals surface area contributed by atoms with Gasteiger partial charge in [-0.2, -0.15) is 0 Å². The quantitative estimate of drug-likeness (QED) is 0.374. The summed E-state index contributed by atoms with van der Waals surface area (Å²) in [6.07, 6.45) is 6.88. The first-order valence-corrected chi connectivity index (χ1v) is 8.95. The van der Waals surface area contributed by atoms with Gasteiger partial charge in [0, 0.05) is 29.2 Å². The van der Waals surface area contributed by atoms with Crippen LogP contribution in [-0.2, 0) is 6.42 Å². The van der Waals surface area contributed by atoms with Crippen molar-refractivity contribution in [2.45, 2.75) is 12.8 Å². The SMILES string of the molecule is O/N=C1\CCc2cc(Nc3c(-c4ccc(O)cc4)nc4cnccn34)ccc21. The molecule has 1 aliphatic rings. The van der Waals surface area contributed by atoms with E-state index in [2.05, 4.69) is 21.5 Å². The van der Waals surface area contributed by atoms with Gasteiger partial charge >= 0.3 is 0 Å². The number of fused-ring (bicyclic) bond motifs is 2. The van der Waals surface area contributed by atoms with Crippen molar-refractivity contribution in [2.24, 2.45) is 5.16 Å². The predicted molar refractivity (Wildman–Crippen MR) is 106 cm³/mol. The molecule has 2 heterocycles. The molecular weight excluding hydrogens is 354 g/mol. The molecule has 5 rings (SSSR count). The second-order valence-corrected chi connectivity index (χ2v) is 6.70. The highest BCUT2D eigenvalue weighted by molar-refractivity contribution is 6.04. The van der Waals surface area contributed by atoms with E-state index in [9.17, 15) is 5.11 Å². The Bertz CT molecular complexity index is 1210. The van der Waals surface area contributed by atoms with E-state index in [0.717, 1.165) is 58.1 Å². The Morgan fingerprint density at radius 3 is 2.75 bits per heavy atom. The minimum absolute atomic E-state index is 0.212. The fraction of sp³-hybridized carbons (Fsp3) is 0.0952. The summed E-state index contributed by atoms with van der Waals surface area (Å²) >= 11 is 0. The fourth-order valence-corrected chi connectivity index (χ4v) is 3.63. The summed E-state index contributed by atoms with van der Waals surface area (Å²) in [6.45, 7) is 0. The van der Waals surface area contributed by atoms with Crippen molar-refractivity contribution in [3.05, 3.63) is 72.2 Å². The maximum absolute atomic E-state index is 9.60. The second-order valence-electron chi connectivity index (χ2n) is 6.70. The second kappa shape index (κ2) is 6.38. The van der Waals surface area contributed by atoms with Gasteiger partial charge in [-0.05, 0) is 54.8 Å². The molecule has 28 heavy (non-hydrogen) atoms. The largest absolute Gasteiger partial charge is 0.508 e. The van der Waals surface area contributed by atoms with E-state index in [0.29, 0.717) is 0 Å². The van der Waals surface area contributed by atoms with Crippen LogP contribution in [0.4, 0.5) is 11.5 Å². The molecule has 7 nitrogen and oxygen atoms in total. The number of nitrogens with zero attached hydrogens (tertiary/aromatic N) is 4. The van der Waals surface area contributed by atoms with Crippen LogP contribution in [0.1, 0.15) is 17.5 Å². The lowest BCUT2D eigenvalue weighted by Crippen LogP contribution is -1.99. The van der Waals surface area contributed by atoms with Crippen molar-refractivity contribution in [1.29, 1.82) is 0 Å². The minimum Gasteiger partial charge on any atom is -0.508 e. The van der Waals surface area contributed by atoms with Gasteiger partial charge in [-0.1, -0.05) is 11.2 Å². The van der Waals surface area contributed by atoms with Gasteiger partial charge < -0.3 is 15.6 Å². The van der Waals surface area contributed by atoms with E-state index >= 15 is 0 Å². The number of phenols is 1. The average molecular weight is 371 g/mol. The molecule has 0 fully saturated rings. The molecule has 0 saturated heterocycles. The summed E-state index contributed by atoms with van der Waals surface area (Å²) < 4.78 is 1.95. The number of imidazole rings is 1. The van der Waals surface area contributed by atoms with Crippen LogP contribution in [0.5, 0.6) is 5.75 Å². The summed E-state index contributed by atoms with van der Waals surface area (Å²) in [5.74, 6) is 1.03. The number of aromatic nitrogens is 3. The van der Waals surface area contributed by atoms with Crippen LogP contribution in [0, 0.1) is 0 Å². The monoisotopic (exact) mass is 371 g/mol. The van der Waals surface area contributed by atoms with Gasteiger partial charge in [0.1, 0.15) is 17.3 Å². The van der Waals surface area contributed by atoms with E-state index in [1.54, 1.807) is 24.5 Å². The number of hydrogen-bond acceptors (Lipinski definition) is 6. The highest BCUT2D eigenvalue weighted by atomic mass is 16.4. The van der Waals surface area contributed by atoms with Crippen molar-refractivity contribution >= 4 is 22.9 Å². The van der Waals surface area contributed by atoms with Crippen LogP contribution in [0.15, 0.2) is 66.2 Å². The lowest BCUT2D eigenvalue weighted by Gasteiger charge is -2.10. The predicted octanol–water partition coefficient (Wildman–Crippen LogP) is 3.97. The number of oxime groups is 1. The molecule has 138 valence electrons. The van der Waals surface area contributed by atoms with Crippen molar-refractivity contribution in [1.82, 2.24) is 14.4 Å². The molecule has 1 aliphatic carbocycles. The van der Waals surface area contributed by atoms with Crippen LogP contribution in [0.25, 0.3) is 16.9 Å². The summed E-state index contributed by atoms with van der Waals surface area (Å²) in [7, 11) is 0. The van der Waals surface area contributed by atoms with Gasteiger partial charge in [0.05, 0.1) is 11.9 Å². The number of anilines is 2. The van der Waals surface area contributed by atoms with E-state index in [1.807, 2.05) is 34.9 Å². The summed E-state index contributed by atoms with van der Waals surface area (Å²) in [6, 6.07) is 13.0. The maximum atomic E-state index is 9.60. The van der Waals surface area contributed by atoms with Crippen LogP contribution >= 0.6 is 0 Å². The van der Waals surface area contributed by atoms with E-state index < -0.39 is 0 Å². The first-order chi connectivity index (χ1) is 13.7. The first-order valence-electron chi connectivity index (χ1n) is 8.95. The minimum atomic E-state index is 0.212. The molecule has 0 spiro atoms. The van der Waals surface area contributed by atoms with Crippen LogP contribution < -0.4 is 5.32 Å². The zero-order valence-corrected chi connectivity index (χ0v) is 14.9. The molecule has 0 unspecified atom stereocenters. The third-order valence-corrected chi connectivity index (χ3v) is 5.00. The highest BCUT2D eigenvalue weighted by Crippen LogP contribution is 2.33. The third-order valence-electron chi connectivity index (χ3n) is 5.00. The Morgan fingerprint density at radius 2 is 1.93 bits per heavy atom. The van der Waals surface area contributed by atoms with Crippen molar-refractivity contribution < 1.29 is 10.3 Å². The third kappa shape index (κ3) is 2.64. The molecule has 0 radical (unpaired) electrons. The molecule has 0 aliphatic heterocycles. The number of phenolic OH excluding ortho intramolecular Hbond substituents is 1. The molecule has 0 bridgehead atoms. The Kier molecular flexibility index (Phi) is 3.72. The van der Waals surface area contributed by atoms with Crippen molar-refractivity contribution in [2.75, 3.05) is 5.32 Å². The van der Waals surface area contributed by atoms with Gasteiger partial charge in [-0.15, -0.1) is 0 Å². The molecule has 2 aromatic heterocycles. The standard InChI is InChI=1S/C21H17N5O2/c27-16-5-1-13(2-6-16)20-21(26-10-9-22-12-19(26)24-20)23-15-4-7-17-14(11-15)3-8-18(17)25-28/h1-2,4-7,9-12,23,27-28H,3,8H2/b25-18+. The lowest BCUT2D eigenvalue weighted by molar-refractivity contribution is 0.318.